The van der Waals surface area contributed by atoms with E-state index in [0.29, 0.717) is 0 Å². The number of ether oxygens (including phenoxy) is 2. The van der Waals surface area contributed by atoms with Crippen LogP contribution < -0.4 is 16.4 Å². The summed E-state index contributed by atoms with van der Waals surface area (Å²) in [6.07, 6.45) is -4.31. The van der Waals surface area contributed by atoms with Crippen LogP contribution in [0.25, 0.3) is 11.2 Å². The monoisotopic (exact) mass is 672 g/mol. The summed E-state index contributed by atoms with van der Waals surface area (Å²) >= 11 is 12.8. The summed E-state index contributed by atoms with van der Waals surface area (Å²) in [5, 5.41) is 10.6. The molecule has 0 spiro atoms. The van der Waals surface area contributed by atoms with Crippen molar-refractivity contribution in [1.29, 1.82) is 0 Å². The van der Waals surface area contributed by atoms with Gasteiger partial charge in [0.25, 0.3) is 17.3 Å². The van der Waals surface area contributed by atoms with E-state index in [4.69, 9.17) is 47.7 Å². The van der Waals surface area contributed by atoms with Crippen LogP contribution in [0.2, 0.25) is 0 Å². The third kappa shape index (κ3) is 8.27. The zero-order valence-corrected chi connectivity index (χ0v) is 27.1. The van der Waals surface area contributed by atoms with Crippen LogP contribution in [-0.2, 0) is 39.9 Å². The van der Waals surface area contributed by atoms with E-state index in [2.05, 4.69) is 20.0 Å². The normalized spacial score (nSPS) is 25.0. The molecule has 0 aliphatic carbocycles. The highest BCUT2D eigenvalue weighted by Gasteiger charge is 2.58. The molecule has 3 heterocycles. The Balaban J connectivity index is 1.77. The first-order chi connectivity index (χ1) is 19.4. The summed E-state index contributed by atoms with van der Waals surface area (Å²) in [6.45, 7) is 6.19. The Labute approximate surface area is 255 Å². The number of esters is 1. The second-order valence-corrected chi connectivity index (χ2v) is 15.6. The second-order valence-electron chi connectivity index (χ2n) is 10.8. The number of aromatic nitrogens is 4. The molecule has 1 fully saturated rings. The molecule has 5 N–H and O–H groups in total. The minimum atomic E-state index is -3.52. The van der Waals surface area contributed by atoms with Crippen molar-refractivity contribution in [3.63, 3.8) is 0 Å². The molecule has 42 heavy (non-hydrogen) atoms. The Hall–Kier alpha value is -1.69. The lowest BCUT2D eigenvalue weighted by Gasteiger charge is -2.28. The summed E-state index contributed by atoms with van der Waals surface area (Å²) in [5.41, 5.74) is 4.13. The molecule has 6 atom stereocenters. The molecule has 3 rings (SSSR count). The molecule has 1 saturated heterocycles. The minimum Gasteiger partial charge on any atom is -0.462 e. The van der Waals surface area contributed by atoms with Crippen molar-refractivity contribution in [2.45, 2.75) is 77.3 Å². The molecule has 0 radical (unpaired) electrons. The maximum absolute atomic E-state index is 15.7. The van der Waals surface area contributed by atoms with Crippen molar-refractivity contribution in [2.24, 2.45) is 5.41 Å². The molecule has 2 aromatic heterocycles. The number of nitrogens with zero attached hydrogens (tertiary/aromatic N) is 3. The number of nitrogens with two attached hydrogens (primary N) is 1. The third-order valence-corrected chi connectivity index (χ3v) is 10.1. The van der Waals surface area contributed by atoms with Crippen LogP contribution in [0.1, 0.15) is 47.8 Å². The summed E-state index contributed by atoms with van der Waals surface area (Å²) in [6, 6.07) is -0.954. The van der Waals surface area contributed by atoms with Gasteiger partial charge in [-0.15, -0.1) is 0 Å². The first kappa shape index (κ1) is 34.8. The number of thioether (sulfide) groups is 1. The number of aliphatic hydroxyl groups excluding tert-OH is 1. The van der Waals surface area contributed by atoms with Crippen molar-refractivity contribution in [3.05, 3.63) is 16.7 Å². The molecule has 14 nitrogen and oxygen atoms in total. The highest BCUT2D eigenvalue weighted by atomic mass is 35.5. The van der Waals surface area contributed by atoms with E-state index in [-0.39, 0.29) is 40.7 Å². The number of carbonyl (C=O) groups is 2. The number of anilines is 1. The minimum absolute atomic E-state index is 0.0232. The number of carbonyl (C=O) groups excluding carboxylic acids is 2. The average molecular weight is 673 g/mol. The maximum atomic E-state index is 15.7. The Morgan fingerprint density at radius 1 is 1.40 bits per heavy atom. The number of aromatic amines is 1. The van der Waals surface area contributed by atoms with Crippen molar-refractivity contribution >= 4 is 70.0 Å². The van der Waals surface area contributed by atoms with Gasteiger partial charge in [0.15, 0.2) is 22.5 Å². The van der Waals surface area contributed by atoms with Gasteiger partial charge < -0.3 is 29.4 Å². The molecule has 1 aliphatic rings. The number of aliphatic hydroxyl groups is 1. The van der Waals surface area contributed by atoms with E-state index in [9.17, 15) is 19.5 Å². The van der Waals surface area contributed by atoms with Gasteiger partial charge >= 0.3 is 5.97 Å². The number of hydrogen-bond donors (Lipinski definition) is 4. The lowest BCUT2D eigenvalue weighted by molar-refractivity contribution is -0.149. The zero-order valence-electron chi connectivity index (χ0n) is 23.8. The van der Waals surface area contributed by atoms with Crippen molar-refractivity contribution in [3.8, 4) is 0 Å². The van der Waals surface area contributed by atoms with E-state index in [1.165, 1.54) is 6.92 Å². The molecule has 19 heteroatoms. The smallest absolute Gasteiger partial charge is 0.323 e. The van der Waals surface area contributed by atoms with E-state index < -0.39 is 59.8 Å². The van der Waals surface area contributed by atoms with Gasteiger partial charge in [0.2, 0.25) is 5.95 Å². The fraction of sp³-hybridized carbons (Fsp3) is 0.696. The molecular weight excluding hydrogens is 638 g/mol. The lowest BCUT2D eigenvalue weighted by atomic mass is 10.00. The van der Waals surface area contributed by atoms with Gasteiger partial charge in [0.05, 0.1) is 25.6 Å². The standard InChI is InChI=1S/C23H35ClFN6O8PS2/c1-11(2)38-18(34)12(3)30-40(41,36-7-8-42-20(35)22(4,5)6)37-9-13-15(32)23(24,25)19(39-13)31-10-27-14-16(31)28-21(26)29-17(14)33/h10-13,15,19,32H,7-9H2,1-6H3,(H,30,41)(H3,26,28,29,33)/t12-,13-,15-,19-,23-,40?/m1/s1. The average Bonchev–Trinajstić information content (AvgIpc) is 3.37. The molecule has 0 saturated carbocycles. The number of nitrogen functional groups attached to an aromatic ring is 1. The number of alkyl halides is 2. The van der Waals surface area contributed by atoms with Gasteiger partial charge in [-0.1, -0.05) is 44.1 Å². The highest BCUT2D eigenvalue weighted by molar-refractivity contribution is 8.13. The molecular formula is C23H35ClFN6O8PS2. The molecule has 1 unspecified atom stereocenters. The first-order valence-electron chi connectivity index (χ1n) is 12.8. The quantitative estimate of drug-likeness (QED) is 0.111. The summed E-state index contributed by atoms with van der Waals surface area (Å²) in [5.74, 6) is -0.617. The topological polar surface area (TPSA) is 193 Å². The summed E-state index contributed by atoms with van der Waals surface area (Å²) in [4.78, 5) is 47.0. The second kappa shape index (κ2) is 13.5. The van der Waals surface area contributed by atoms with E-state index in [1.807, 2.05) is 0 Å². The lowest BCUT2D eigenvalue weighted by Crippen LogP contribution is -2.39. The van der Waals surface area contributed by atoms with Crippen LogP contribution in [0.15, 0.2) is 11.1 Å². The predicted octanol–water partition coefficient (Wildman–Crippen LogP) is 2.36. The SMILES string of the molecule is CC(C)OC(=O)[C@@H](C)NP(=S)(OCCSC(=O)C(C)(C)C)OC[C@H]1O[C@@H](n2cnc3c(=O)[nH]c(N)nc32)[C@@](F)(Cl)[C@@H]1O. The van der Waals surface area contributed by atoms with Gasteiger partial charge in [0, 0.05) is 11.2 Å². The predicted molar refractivity (Wildman–Crippen MR) is 159 cm³/mol. The van der Waals surface area contributed by atoms with Crippen molar-refractivity contribution in [2.75, 3.05) is 24.7 Å². The fourth-order valence-electron chi connectivity index (χ4n) is 3.64. The fourth-order valence-corrected chi connectivity index (χ4v) is 7.20. The third-order valence-electron chi connectivity index (χ3n) is 5.74. The molecule has 2 aromatic rings. The first-order valence-corrected chi connectivity index (χ1v) is 16.8. The number of imidazole rings is 1. The maximum Gasteiger partial charge on any atom is 0.323 e. The van der Waals surface area contributed by atoms with Crippen LogP contribution in [0.4, 0.5) is 10.3 Å². The number of fused-ring (bicyclic) bond motifs is 1. The van der Waals surface area contributed by atoms with Crippen LogP contribution in [0.3, 0.4) is 0 Å². The van der Waals surface area contributed by atoms with Gasteiger partial charge in [-0.05, 0) is 32.6 Å². The number of nitrogens with one attached hydrogen (secondary N) is 2. The van der Waals surface area contributed by atoms with Crippen LogP contribution in [0, 0.1) is 5.41 Å². The van der Waals surface area contributed by atoms with E-state index >= 15 is 4.39 Å². The number of halogens is 2. The highest BCUT2D eigenvalue weighted by Crippen LogP contribution is 2.49. The molecule has 0 amide bonds. The molecule has 0 aromatic carbocycles. The Kier molecular flexibility index (Phi) is 11.2. The number of hydrogen-bond acceptors (Lipinski definition) is 13. The summed E-state index contributed by atoms with van der Waals surface area (Å²) in [7, 11) is 0. The Bertz CT molecular complexity index is 1400. The van der Waals surface area contributed by atoms with Crippen LogP contribution >= 0.6 is 30.0 Å². The van der Waals surface area contributed by atoms with Gasteiger partial charge in [-0.25, -0.2) is 14.5 Å². The van der Waals surface area contributed by atoms with Crippen LogP contribution in [-0.4, -0.2) is 84.2 Å². The molecule has 1 aliphatic heterocycles. The Morgan fingerprint density at radius 3 is 2.69 bits per heavy atom. The van der Waals surface area contributed by atoms with Crippen molar-refractivity contribution in [1.82, 2.24) is 24.6 Å². The van der Waals surface area contributed by atoms with Gasteiger partial charge in [-0.3, -0.25) is 23.9 Å². The number of rotatable bonds is 12. The number of H-pyrrole nitrogens is 1. The van der Waals surface area contributed by atoms with E-state index in [1.54, 1.807) is 34.6 Å². The van der Waals surface area contributed by atoms with E-state index in [0.717, 1.165) is 22.7 Å². The van der Waals surface area contributed by atoms with Crippen molar-refractivity contribution < 1.29 is 37.6 Å². The Morgan fingerprint density at radius 2 is 2.07 bits per heavy atom. The molecule has 236 valence electrons. The van der Waals surface area contributed by atoms with Gasteiger partial charge in [-0.2, -0.15) is 4.98 Å². The largest absolute Gasteiger partial charge is 0.462 e. The summed E-state index contributed by atoms with van der Waals surface area (Å²) < 4.78 is 39.3. The zero-order chi connectivity index (χ0) is 31.6. The molecule has 0 bridgehead atoms. The van der Waals surface area contributed by atoms with Gasteiger partial charge in [0.1, 0.15) is 18.2 Å². The van der Waals surface area contributed by atoms with Crippen LogP contribution in [0.5, 0.6) is 0 Å².